The monoisotopic (exact) mass is 455 g/mol. The average Bonchev–Trinajstić information content (AvgIpc) is 3.42. The highest BCUT2D eigenvalue weighted by Gasteiger charge is 2.28. The van der Waals surface area contributed by atoms with Crippen LogP contribution < -0.4 is 5.32 Å². The van der Waals surface area contributed by atoms with E-state index in [1.54, 1.807) is 25.1 Å². The van der Waals surface area contributed by atoms with Gasteiger partial charge in [0.1, 0.15) is 5.75 Å². The fourth-order valence-corrected chi connectivity index (χ4v) is 4.08. The third-order valence-corrected chi connectivity index (χ3v) is 5.60. The number of rotatable bonds is 5. The second-order valence-corrected chi connectivity index (χ2v) is 8.05. The van der Waals surface area contributed by atoms with Crippen molar-refractivity contribution in [3.8, 4) is 5.75 Å². The van der Waals surface area contributed by atoms with Gasteiger partial charge in [-0.3, -0.25) is 10.1 Å². The fourth-order valence-electron chi connectivity index (χ4n) is 4.08. The van der Waals surface area contributed by atoms with Crippen molar-refractivity contribution >= 4 is 40.3 Å². The van der Waals surface area contributed by atoms with Gasteiger partial charge in [-0.25, -0.2) is 9.78 Å². The number of esters is 1. The molecule has 0 saturated heterocycles. The molecule has 170 valence electrons. The molecule has 34 heavy (non-hydrogen) atoms. The number of pyridine rings is 1. The molecule has 0 bridgehead atoms. The fraction of sp³-hybridized carbons (Fsp3) is 0.154. The van der Waals surface area contributed by atoms with E-state index >= 15 is 0 Å². The molecular formula is C26H21N3O5. The molecule has 2 aromatic heterocycles. The van der Waals surface area contributed by atoms with Gasteiger partial charge in [0.15, 0.2) is 6.61 Å². The second-order valence-electron chi connectivity index (χ2n) is 8.05. The van der Waals surface area contributed by atoms with E-state index in [9.17, 15) is 14.7 Å². The van der Waals surface area contributed by atoms with Gasteiger partial charge in [-0.2, -0.15) is 0 Å². The number of nitrogens with one attached hydrogen (secondary N) is 1. The van der Waals surface area contributed by atoms with Gasteiger partial charge in [0.05, 0.1) is 22.5 Å². The number of allylic oxidation sites excluding steroid dienone is 1. The highest BCUT2D eigenvalue weighted by Crippen LogP contribution is 2.37. The van der Waals surface area contributed by atoms with Gasteiger partial charge < -0.3 is 14.4 Å². The molecule has 0 fully saturated rings. The Labute approximate surface area is 194 Å². The zero-order valence-corrected chi connectivity index (χ0v) is 18.4. The van der Waals surface area contributed by atoms with Gasteiger partial charge in [-0.05, 0) is 60.7 Å². The van der Waals surface area contributed by atoms with E-state index in [0.29, 0.717) is 35.0 Å². The summed E-state index contributed by atoms with van der Waals surface area (Å²) in [5.41, 5.74) is 5.21. The molecule has 1 amide bonds. The van der Waals surface area contributed by atoms with Gasteiger partial charge >= 0.3 is 5.97 Å². The number of para-hydroxylation sites is 1. The Morgan fingerprint density at radius 1 is 1.15 bits per heavy atom. The molecule has 1 aliphatic rings. The van der Waals surface area contributed by atoms with Crippen LogP contribution in [0.1, 0.15) is 39.3 Å². The third kappa shape index (κ3) is 4.25. The van der Waals surface area contributed by atoms with E-state index in [0.717, 1.165) is 22.4 Å². The Bertz CT molecular complexity index is 1440. The molecule has 8 nitrogen and oxygen atoms in total. The summed E-state index contributed by atoms with van der Waals surface area (Å²) in [6.07, 6.45) is 3.35. The van der Waals surface area contributed by atoms with Gasteiger partial charge in [0, 0.05) is 11.5 Å². The summed E-state index contributed by atoms with van der Waals surface area (Å²) in [5, 5.41) is 16.4. The smallest absolute Gasteiger partial charge is 0.339 e. The molecule has 8 heteroatoms. The first kappa shape index (κ1) is 21.4. The molecule has 0 aliphatic heterocycles. The van der Waals surface area contributed by atoms with Crippen LogP contribution in [0, 0.1) is 6.92 Å². The predicted molar refractivity (Wildman–Crippen MR) is 126 cm³/mol. The third-order valence-electron chi connectivity index (χ3n) is 5.60. The molecule has 2 aromatic carbocycles. The van der Waals surface area contributed by atoms with Crippen molar-refractivity contribution in [3.63, 3.8) is 0 Å². The molecular weight excluding hydrogens is 434 g/mol. The summed E-state index contributed by atoms with van der Waals surface area (Å²) in [6, 6.07) is 15.9. The number of amides is 1. The number of aromatic hydroxyl groups is 1. The lowest BCUT2D eigenvalue weighted by Gasteiger charge is -2.12. The van der Waals surface area contributed by atoms with Crippen molar-refractivity contribution in [2.24, 2.45) is 0 Å². The van der Waals surface area contributed by atoms with Crippen molar-refractivity contribution in [3.05, 3.63) is 82.7 Å². The first-order valence-electron chi connectivity index (χ1n) is 10.8. The first-order valence-corrected chi connectivity index (χ1v) is 10.8. The van der Waals surface area contributed by atoms with Crippen LogP contribution in [0.5, 0.6) is 5.75 Å². The van der Waals surface area contributed by atoms with Gasteiger partial charge in [-0.1, -0.05) is 35.5 Å². The zero-order chi connectivity index (χ0) is 23.7. The van der Waals surface area contributed by atoms with Crippen LogP contribution >= 0.6 is 0 Å². The number of ether oxygens (including phenoxy) is 1. The van der Waals surface area contributed by atoms with Gasteiger partial charge in [-0.15, -0.1) is 0 Å². The number of nitrogens with zero attached hydrogens (tertiary/aromatic N) is 2. The number of anilines is 1. The number of phenols is 1. The van der Waals surface area contributed by atoms with Gasteiger partial charge in [0.25, 0.3) is 5.91 Å². The molecule has 0 saturated carbocycles. The quantitative estimate of drug-likeness (QED) is 0.425. The molecule has 0 unspecified atom stereocenters. The minimum absolute atomic E-state index is 0.192. The minimum atomic E-state index is -0.579. The summed E-state index contributed by atoms with van der Waals surface area (Å²) in [4.78, 5) is 30.2. The minimum Gasteiger partial charge on any atom is -0.508 e. The molecule has 4 aromatic rings. The number of hydrogen-bond acceptors (Lipinski definition) is 7. The van der Waals surface area contributed by atoms with Crippen molar-refractivity contribution in [1.29, 1.82) is 0 Å². The summed E-state index contributed by atoms with van der Waals surface area (Å²) in [5.74, 6) is -0.708. The highest BCUT2D eigenvalue weighted by molar-refractivity contribution is 6.08. The molecule has 2 heterocycles. The normalized spacial score (nSPS) is 13.7. The van der Waals surface area contributed by atoms with E-state index < -0.39 is 18.5 Å². The Hall–Kier alpha value is -4.46. The van der Waals surface area contributed by atoms with Crippen LogP contribution in [0.25, 0.3) is 22.6 Å². The maximum absolute atomic E-state index is 13.2. The first-order chi connectivity index (χ1) is 16.5. The van der Waals surface area contributed by atoms with Crippen molar-refractivity contribution in [2.45, 2.75) is 19.8 Å². The van der Waals surface area contributed by atoms with Crippen LogP contribution in [0.3, 0.4) is 0 Å². The Kier molecular flexibility index (Phi) is 5.55. The van der Waals surface area contributed by atoms with E-state index in [1.807, 2.05) is 42.5 Å². The lowest BCUT2D eigenvalue weighted by molar-refractivity contribution is -0.119. The largest absolute Gasteiger partial charge is 0.508 e. The predicted octanol–water partition coefficient (Wildman–Crippen LogP) is 4.52. The molecule has 1 aliphatic carbocycles. The van der Waals surface area contributed by atoms with E-state index in [4.69, 9.17) is 14.2 Å². The Balaban J connectivity index is 1.44. The number of hydrogen-bond donors (Lipinski definition) is 2. The second kappa shape index (κ2) is 8.82. The molecule has 0 spiro atoms. The number of phenolic OH excluding ortho intramolecular Hbond substituents is 1. The molecule has 5 rings (SSSR count). The zero-order valence-electron chi connectivity index (χ0n) is 18.4. The summed E-state index contributed by atoms with van der Waals surface area (Å²) >= 11 is 0. The van der Waals surface area contributed by atoms with Crippen molar-refractivity contribution < 1.29 is 24.0 Å². The van der Waals surface area contributed by atoms with Crippen LogP contribution in [0.15, 0.2) is 59.1 Å². The van der Waals surface area contributed by atoms with E-state index in [2.05, 4.69) is 10.5 Å². The lowest BCUT2D eigenvalue weighted by atomic mass is 10.0. The molecule has 0 atom stereocenters. The topological polar surface area (TPSA) is 115 Å². The van der Waals surface area contributed by atoms with Crippen LogP contribution in [-0.2, 0) is 16.0 Å². The number of aryl methyl sites for hydroxylation is 1. The SMILES string of the molecule is Cc1cc(NC(=O)COC(=O)c2c3c(nc4ccccc24)/C(=C/c2ccc(O)cc2)CC3)on1. The van der Waals surface area contributed by atoms with Crippen LogP contribution in [0.4, 0.5) is 5.88 Å². The number of carbonyl (C=O) groups excluding carboxylic acids is 2. The number of aromatic nitrogens is 2. The summed E-state index contributed by atoms with van der Waals surface area (Å²) < 4.78 is 10.3. The Morgan fingerprint density at radius 3 is 2.71 bits per heavy atom. The van der Waals surface area contributed by atoms with Crippen molar-refractivity contribution in [1.82, 2.24) is 10.1 Å². The van der Waals surface area contributed by atoms with Gasteiger partial charge in [0.2, 0.25) is 5.88 Å². The van der Waals surface area contributed by atoms with E-state index in [1.165, 1.54) is 0 Å². The number of benzene rings is 2. The summed E-state index contributed by atoms with van der Waals surface area (Å²) in [7, 11) is 0. The average molecular weight is 455 g/mol. The Morgan fingerprint density at radius 2 is 1.94 bits per heavy atom. The molecule has 2 N–H and O–H groups in total. The number of carbonyl (C=O) groups is 2. The van der Waals surface area contributed by atoms with E-state index in [-0.39, 0.29) is 11.6 Å². The standard InChI is InChI=1S/C26H21N3O5/c1-15-12-23(34-29-15)28-22(31)14-33-26(32)24-19-4-2-3-5-21(19)27-25-17(8-11-20(24)25)13-16-6-9-18(30)10-7-16/h2-7,9-10,12-13,30H,8,11,14H2,1H3,(H,28,31)/b17-13+. The number of fused-ring (bicyclic) bond motifs is 2. The maximum atomic E-state index is 13.2. The summed E-state index contributed by atoms with van der Waals surface area (Å²) in [6.45, 7) is 1.28. The maximum Gasteiger partial charge on any atom is 0.339 e. The highest BCUT2D eigenvalue weighted by atomic mass is 16.5. The lowest BCUT2D eigenvalue weighted by Crippen LogP contribution is -2.21. The van der Waals surface area contributed by atoms with Crippen molar-refractivity contribution in [2.75, 3.05) is 11.9 Å². The van der Waals surface area contributed by atoms with Crippen LogP contribution in [0.2, 0.25) is 0 Å². The molecule has 0 radical (unpaired) electrons. The van der Waals surface area contributed by atoms with Crippen LogP contribution in [-0.4, -0.2) is 33.7 Å².